The Balaban J connectivity index is 1.41. The maximum Gasteiger partial charge on any atom is 0.222 e. The lowest BCUT2D eigenvalue weighted by atomic mass is 10.0. The Bertz CT molecular complexity index is 421. The maximum absolute atomic E-state index is 4.38. The van der Waals surface area contributed by atoms with Crippen LogP contribution >= 0.6 is 0 Å². The molecule has 0 unspecified atom stereocenters. The molecule has 1 aromatic rings. The molecule has 0 spiro atoms. The lowest BCUT2D eigenvalue weighted by molar-refractivity contribution is 0.0185. The zero-order valence-corrected chi connectivity index (χ0v) is 13.1. The molecule has 0 aliphatic carbocycles. The van der Waals surface area contributed by atoms with Gasteiger partial charge in [0.25, 0.3) is 0 Å². The summed E-state index contributed by atoms with van der Waals surface area (Å²) in [7, 11) is 0. The standard InChI is InChI=1S/C16H27N5/c1-2-6-17-16-18-9-14(10-19-16)11-20-12-15(13-20)21-7-4-3-5-8-21/h9-10,15H,2-8,11-13H2,1H3,(H,17,18,19). The van der Waals surface area contributed by atoms with Crippen molar-refractivity contribution in [3.63, 3.8) is 0 Å². The Kier molecular flexibility index (Phi) is 5.04. The van der Waals surface area contributed by atoms with Crippen molar-refractivity contribution < 1.29 is 0 Å². The third-order valence-electron chi connectivity index (χ3n) is 4.49. The molecule has 1 aromatic heterocycles. The molecule has 1 N–H and O–H groups in total. The van der Waals surface area contributed by atoms with E-state index in [1.165, 1.54) is 51.0 Å². The summed E-state index contributed by atoms with van der Waals surface area (Å²) in [6.45, 7) is 9.08. The molecule has 3 heterocycles. The van der Waals surface area contributed by atoms with E-state index in [0.717, 1.165) is 31.5 Å². The first kappa shape index (κ1) is 14.7. The van der Waals surface area contributed by atoms with E-state index in [0.29, 0.717) is 0 Å². The molecule has 0 amide bonds. The number of anilines is 1. The molecule has 3 rings (SSSR count). The summed E-state index contributed by atoms with van der Waals surface area (Å²) in [4.78, 5) is 13.9. The second-order valence-corrected chi connectivity index (χ2v) is 6.29. The lowest BCUT2D eigenvalue weighted by Gasteiger charge is -2.46. The van der Waals surface area contributed by atoms with Gasteiger partial charge >= 0.3 is 0 Å². The third kappa shape index (κ3) is 3.92. The van der Waals surface area contributed by atoms with E-state index in [1.807, 2.05) is 12.4 Å². The molecule has 0 atom stereocenters. The van der Waals surface area contributed by atoms with Crippen molar-refractivity contribution >= 4 is 5.95 Å². The van der Waals surface area contributed by atoms with Crippen LogP contribution in [0.4, 0.5) is 5.95 Å². The molecule has 2 fully saturated rings. The van der Waals surface area contributed by atoms with Gasteiger partial charge in [-0.3, -0.25) is 9.80 Å². The van der Waals surface area contributed by atoms with Gasteiger partial charge in [0.1, 0.15) is 0 Å². The second kappa shape index (κ2) is 7.18. The molecule has 0 aromatic carbocycles. The van der Waals surface area contributed by atoms with Crippen molar-refractivity contribution in [1.82, 2.24) is 19.8 Å². The molecule has 2 saturated heterocycles. The van der Waals surface area contributed by atoms with Crippen LogP contribution < -0.4 is 5.32 Å². The summed E-state index contributed by atoms with van der Waals surface area (Å²) < 4.78 is 0. The largest absolute Gasteiger partial charge is 0.354 e. The summed E-state index contributed by atoms with van der Waals surface area (Å²) in [5.41, 5.74) is 1.22. The number of piperidine rings is 1. The van der Waals surface area contributed by atoms with Crippen LogP contribution in [0.2, 0.25) is 0 Å². The minimum atomic E-state index is 0.746. The van der Waals surface area contributed by atoms with Crippen LogP contribution in [0.1, 0.15) is 38.2 Å². The predicted octanol–water partition coefficient (Wildman–Crippen LogP) is 1.97. The molecular formula is C16H27N5. The highest BCUT2D eigenvalue weighted by molar-refractivity contribution is 5.24. The van der Waals surface area contributed by atoms with Gasteiger partial charge in [-0.1, -0.05) is 13.3 Å². The number of likely N-dealkylation sites (tertiary alicyclic amines) is 2. The number of nitrogens with one attached hydrogen (secondary N) is 1. The minimum absolute atomic E-state index is 0.746. The van der Waals surface area contributed by atoms with Gasteiger partial charge in [-0.25, -0.2) is 9.97 Å². The smallest absolute Gasteiger partial charge is 0.222 e. The molecule has 0 bridgehead atoms. The first-order valence-corrected chi connectivity index (χ1v) is 8.36. The minimum Gasteiger partial charge on any atom is -0.354 e. The Morgan fingerprint density at radius 2 is 1.86 bits per heavy atom. The van der Waals surface area contributed by atoms with Crippen molar-refractivity contribution in [1.29, 1.82) is 0 Å². The third-order valence-corrected chi connectivity index (χ3v) is 4.49. The van der Waals surface area contributed by atoms with E-state index >= 15 is 0 Å². The van der Waals surface area contributed by atoms with Crippen molar-refractivity contribution in [2.24, 2.45) is 0 Å². The van der Waals surface area contributed by atoms with Gasteiger partial charge in [0.05, 0.1) is 0 Å². The lowest BCUT2D eigenvalue weighted by Crippen LogP contribution is -2.59. The Morgan fingerprint density at radius 3 is 2.52 bits per heavy atom. The zero-order chi connectivity index (χ0) is 14.5. The second-order valence-electron chi connectivity index (χ2n) is 6.29. The summed E-state index contributed by atoms with van der Waals surface area (Å²) >= 11 is 0. The SMILES string of the molecule is CCCNc1ncc(CN2CC(N3CCCCC3)C2)cn1. The van der Waals surface area contributed by atoms with Gasteiger partial charge in [-0.2, -0.15) is 0 Å². The van der Waals surface area contributed by atoms with Crippen molar-refractivity contribution in [3.05, 3.63) is 18.0 Å². The number of nitrogens with zero attached hydrogens (tertiary/aromatic N) is 4. The first-order valence-electron chi connectivity index (χ1n) is 8.36. The molecule has 0 radical (unpaired) electrons. The highest BCUT2D eigenvalue weighted by Gasteiger charge is 2.32. The highest BCUT2D eigenvalue weighted by atomic mass is 15.3. The van der Waals surface area contributed by atoms with Crippen LogP contribution in [0, 0.1) is 0 Å². The van der Waals surface area contributed by atoms with Crippen LogP contribution in [-0.2, 0) is 6.54 Å². The zero-order valence-electron chi connectivity index (χ0n) is 13.1. The van der Waals surface area contributed by atoms with Gasteiger partial charge in [0, 0.05) is 50.2 Å². The molecule has 5 heteroatoms. The number of hydrogen-bond donors (Lipinski definition) is 1. The molecule has 2 aliphatic heterocycles. The maximum atomic E-state index is 4.38. The number of aromatic nitrogens is 2. The molecule has 2 aliphatic rings. The van der Waals surface area contributed by atoms with Crippen molar-refractivity contribution in [3.8, 4) is 0 Å². The monoisotopic (exact) mass is 289 g/mol. The van der Waals surface area contributed by atoms with Gasteiger partial charge in [-0.05, 0) is 32.4 Å². The fraction of sp³-hybridized carbons (Fsp3) is 0.750. The molecule has 21 heavy (non-hydrogen) atoms. The van der Waals surface area contributed by atoms with Crippen molar-refractivity contribution in [2.45, 2.75) is 45.2 Å². The number of rotatable bonds is 6. The summed E-state index contributed by atoms with van der Waals surface area (Å²) in [5, 5.41) is 3.21. The van der Waals surface area contributed by atoms with Crippen molar-refractivity contribution in [2.75, 3.05) is 38.0 Å². The summed E-state index contributed by atoms with van der Waals surface area (Å²) in [5.74, 6) is 0.746. The van der Waals surface area contributed by atoms with Crippen LogP contribution in [-0.4, -0.2) is 58.5 Å². The van der Waals surface area contributed by atoms with E-state index in [4.69, 9.17) is 0 Å². The van der Waals surface area contributed by atoms with E-state index < -0.39 is 0 Å². The quantitative estimate of drug-likeness (QED) is 0.867. The fourth-order valence-corrected chi connectivity index (χ4v) is 3.21. The Labute approximate surface area is 127 Å². The Hall–Kier alpha value is -1.20. The van der Waals surface area contributed by atoms with Crippen LogP contribution in [0.15, 0.2) is 12.4 Å². The van der Waals surface area contributed by atoms with Crippen LogP contribution in [0.3, 0.4) is 0 Å². The normalized spacial score (nSPS) is 21.2. The topological polar surface area (TPSA) is 44.3 Å². The number of hydrogen-bond acceptors (Lipinski definition) is 5. The fourth-order valence-electron chi connectivity index (χ4n) is 3.21. The average Bonchev–Trinajstić information content (AvgIpc) is 2.50. The molecule has 5 nitrogen and oxygen atoms in total. The average molecular weight is 289 g/mol. The molecule has 0 saturated carbocycles. The van der Waals surface area contributed by atoms with E-state index in [1.54, 1.807) is 0 Å². The molecular weight excluding hydrogens is 262 g/mol. The highest BCUT2D eigenvalue weighted by Crippen LogP contribution is 2.21. The first-order chi connectivity index (χ1) is 10.3. The van der Waals surface area contributed by atoms with Gasteiger partial charge in [0.15, 0.2) is 0 Å². The van der Waals surface area contributed by atoms with Crippen LogP contribution in [0.25, 0.3) is 0 Å². The summed E-state index contributed by atoms with van der Waals surface area (Å²) in [6.07, 6.45) is 9.20. The predicted molar refractivity (Wildman–Crippen MR) is 85.3 cm³/mol. The van der Waals surface area contributed by atoms with E-state index in [-0.39, 0.29) is 0 Å². The summed E-state index contributed by atoms with van der Waals surface area (Å²) in [6, 6.07) is 0.789. The van der Waals surface area contributed by atoms with E-state index in [2.05, 4.69) is 32.0 Å². The van der Waals surface area contributed by atoms with Crippen LogP contribution in [0.5, 0.6) is 0 Å². The Morgan fingerprint density at radius 1 is 1.14 bits per heavy atom. The van der Waals surface area contributed by atoms with Gasteiger partial charge in [-0.15, -0.1) is 0 Å². The van der Waals surface area contributed by atoms with Gasteiger partial charge in [0.2, 0.25) is 5.95 Å². The molecule has 116 valence electrons. The van der Waals surface area contributed by atoms with E-state index in [9.17, 15) is 0 Å². The van der Waals surface area contributed by atoms with Gasteiger partial charge < -0.3 is 5.32 Å².